The van der Waals surface area contributed by atoms with E-state index < -0.39 is 5.91 Å². The van der Waals surface area contributed by atoms with Gasteiger partial charge in [0.05, 0.1) is 25.6 Å². The highest BCUT2D eigenvalue weighted by atomic mass is 79.9. The first kappa shape index (κ1) is 21.6. The van der Waals surface area contributed by atoms with Crippen molar-refractivity contribution >= 4 is 27.5 Å². The smallest absolute Gasteiger partial charge is 0.295 e. The van der Waals surface area contributed by atoms with Gasteiger partial charge in [0.2, 0.25) is 5.82 Å². The zero-order valence-electron chi connectivity index (χ0n) is 17.8. The molecule has 8 heteroatoms. The van der Waals surface area contributed by atoms with E-state index >= 15 is 0 Å². The minimum atomic E-state index is -0.458. The quantitative estimate of drug-likeness (QED) is 0.396. The van der Waals surface area contributed by atoms with Gasteiger partial charge in [-0.15, -0.1) is 5.10 Å². The van der Waals surface area contributed by atoms with E-state index in [9.17, 15) is 4.79 Å². The van der Waals surface area contributed by atoms with E-state index in [1.165, 1.54) is 7.11 Å². The van der Waals surface area contributed by atoms with Crippen LogP contribution in [0.3, 0.4) is 0 Å². The predicted molar refractivity (Wildman–Crippen MR) is 127 cm³/mol. The van der Waals surface area contributed by atoms with Gasteiger partial charge in [0.25, 0.3) is 5.91 Å². The van der Waals surface area contributed by atoms with Crippen LogP contribution in [0.1, 0.15) is 16.2 Å². The highest BCUT2D eigenvalue weighted by Crippen LogP contribution is 2.29. The van der Waals surface area contributed by atoms with Crippen LogP contribution in [0.2, 0.25) is 0 Å². The maximum absolute atomic E-state index is 13.1. The van der Waals surface area contributed by atoms with Crippen molar-refractivity contribution < 1.29 is 14.3 Å². The minimum Gasteiger partial charge on any atom is -0.497 e. The van der Waals surface area contributed by atoms with E-state index in [1.807, 2.05) is 55.5 Å². The second-order valence-electron chi connectivity index (χ2n) is 7.03. The van der Waals surface area contributed by atoms with E-state index in [2.05, 4.69) is 31.3 Å². The molecule has 4 rings (SSSR count). The number of hydrogen-bond donors (Lipinski definition) is 1. The predicted octanol–water partition coefficient (Wildman–Crippen LogP) is 5.27. The molecule has 0 aliphatic rings. The fraction of sp³-hybridized carbons (Fsp3) is 0.125. The Hall–Kier alpha value is -3.65. The van der Waals surface area contributed by atoms with Gasteiger partial charge in [-0.05, 0) is 43.3 Å². The number of benzene rings is 3. The Bertz CT molecular complexity index is 1190. The molecule has 4 aromatic rings. The average Bonchev–Trinajstić information content (AvgIpc) is 3.25. The first-order chi connectivity index (χ1) is 15.5. The van der Waals surface area contributed by atoms with Crippen LogP contribution in [0.15, 0.2) is 71.2 Å². The van der Waals surface area contributed by atoms with Gasteiger partial charge in [0.1, 0.15) is 11.5 Å². The second-order valence-corrected chi connectivity index (χ2v) is 7.95. The summed E-state index contributed by atoms with van der Waals surface area (Å²) in [6, 6.07) is 20.7. The maximum Gasteiger partial charge on any atom is 0.295 e. The van der Waals surface area contributed by atoms with Crippen LogP contribution in [0.4, 0.5) is 5.69 Å². The molecule has 1 aromatic heterocycles. The first-order valence-electron chi connectivity index (χ1n) is 9.82. The summed E-state index contributed by atoms with van der Waals surface area (Å²) in [5.74, 6) is 1.23. The number of ether oxygens (including phenoxy) is 2. The van der Waals surface area contributed by atoms with Crippen molar-refractivity contribution in [3.8, 4) is 28.6 Å². The summed E-state index contributed by atoms with van der Waals surface area (Å²) in [5, 5.41) is 7.34. The van der Waals surface area contributed by atoms with Crippen molar-refractivity contribution in [3.63, 3.8) is 0 Å². The number of aromatic nitrogens is 3. The number of halogens is 1. The van der Waals surface area contributed by atoms with Gasteiger partial charge in [-0.2, -0.15) is 0 Å². The van der Waals surface area contributed by atoms with Crippen molar-refractivity contribution in [2.24, 2.45) is 0 Å². The van der Waals surface area contributed by atoms with E-state index in [0.29, 0.717) is 23.0 Å². The summed E-state index contributed by atoms with van der Waals surface area (Å²) in [7, 11) is 3.09. The molecule has 0 spiro atoms. The Morgan fingerprint density at radius 2 is 1.69 bits per heavy atom. The van der Waals surface area contributed by atoms with Crippen LogP contribution in [0.25, 0.3) is 17.1 Å². The monoisotopic (exact) mass is 492 g/mol. The lowest BCUT2D eigenvalue weighted by molar-refractivity contribution is 0.101. The fourth-order valence-electron chi connectivity index (χ4n) is 3.15. The summed E-state index contributed by atoms with van der Waals surface area (Å²) in [4.78, 5) is 17.6. The number of carbonyl (C=O) groups excluding carboxylic acids is 1. The summed E-state index contributed by atoms with van der Waals surface area (Å²) in [6.07, 6.45) is 0. The van der Waals surface area contributed by atoms with Crippen LogP contribution >= 0.6 is 15.9 Å². The zero-order valence-corrected chi connectivity index (χ0v) is 19.4. The van der Waals surface area contributed by atoms with Crippen LogP contribution in [-0.2, 0) is 0 Å². The van der Waals surface area contributed by atoms with E-state index in [0.717, 1.165) is 21.3 Å². The third-order valence-corrected chi connectivity index (χ3v) is 5.37. The Labute approximate surface area is 194 Å². The number of anilines is 1. The molecule has 3 aromatic carbocycles. The highest BCUT2D eigenvalue weighted by molar-refractivity contribution is 9.10. The van der Waals surface area contributed by atoms with Crippen molar-refractivity contribution in [1.82, 2.24) is 14.8 Å². The molecule has 0 aliphatic heterocycles. The molecule has 1 amide bonds. The molecule has 0 bridgehead atoms. The number of amides is 1. The largest absolute Gasteiger partial charge is 0.497 e. The summed E-state index contributed by atoms with van der Waals surface area (Å²) in [5.41, 5.74) is 3.23. The lowest BCUT2D eigenvalue weighted by Crippen LogP contribution is -2.15. The van der Waals surface area contributed by atoms with Gasteiger partial charge >= 0.3 is 0 Å². The van der Waals surface area contributed by atoms with Gasteiger partial charge < -0.3 is 14.8 Å². The SMILES string of the molecule is COc1ccc(OC)c(NC(=O)c2nc(-c3ccc(Br)cc3)n(-c3ccc(C)cc3)n2)c1. The highest BCUT2D eigenvalue weighted by Gasteiger charge is 2.20. The number of methoxy groups -OCH3 is 2. The van der Waals surface area contributed by atoms with E-state index in [4.69, 9.17) is 9.47 Å². The first-order valence-corrected chi connectivity index (χ1v) is 10.6. The number of hydrogen-bond acceptors (Lipinski definition) is 5. The van der Waals surface area contributed by atoms with E-state index in [-0.39, 0.29) is 5.82 Å². The molecule has 0 aliphatic carbocycles. The Kier molecular flexibility index (Phi) is 6.23. The second kappa shape index (κ2) is 9.23. The van der Waals surface area contributed by atoms with E-state index in [1.54, 1.807) is 30.0 Å². The molecule has 0 saturated heterocycles. The molecule has 0 fully saturated rings. The summed E-state index contributed by atoms with van der Waals surface area (Å²) >= 11 is 3.45. The van der Waals surface area contributed by atoms with Crippen LogP contribution in [0, 0.1) is 6.92 Å². The molecule has 1 heterocycles. The molecule has 0 atom stereocenters. The fourth-order valence-corrected chi connectivity index (χ4v) is 3.41. The van der Waals surface area contributed by atoms with Gasteiger partial charge in [0.15, 0.2) is 5.82 Å². The number of nitrogens with zero attached hydrogens (tertiary/aromatic N) is 3. The molecule has 7 nitrogen and oxygen atoms in total. The van der Waals surface area contributed by atoms with Gasteiger partial charge in [-0.25, -0.2) is 9.67 Å². The Morgan fingerprint density at radius 1 is 0.969 bits per heavy atom. The zero-order chi connectivity index (χ0) is 22.7. The van der Waals surface area contributed by atoms with Crippen LogP contribution in [-0.4, -0.2) is 34.9 Å². The molecular weight excluding hydrogens is 472 g/mol. The Balaban J connectivity index is 1.75. The lowest BCUT2D eigenvalue weighted by atomic mass is 10.2. The molecule has 32 heavy (non-hydrogen) atoms. The van der Waals surface area contributed by atoms with Crippen LogP contribution < -0.4 is 14.8 Å². The van der Waals surface area contributed by atoms with Crippen molar-refractivity contribution in [2.45, 2.75) is 6.92 Å². The van der Waals surface area contributed by atoms with Gasteiger partial charge in [-0.3, -0.25) is 4.79 Å². The van der Waals surface area contributed by atoms with Crippen molar-refractivity contribution in [1.29, 1.82) is 0 Å². The normalized spacial score (nSPS) is 10.6. The number of aryl methyl sites for hydroxylation is 1. The number of nitrogens with one attached hydrogen (secondary N) is 1. The molecule has 162 valence electrons. The number of carbonyl (C=O) groups is 1. The molecular formula is C24H21BrN4O3. The summed E-state index contributed by atoms with van der Waals surface area (Å²) < 4.78 is 13.2. The maximum atomic E-state index is 13.1. The summed E-state index contributed by atoms with van der Waals surface area (Å²) in [6.45, 7) is 2.02. The molecule has 0 radical (unpaired) electrons. The Morgan fingerprint density at radius 3 is 2.34 bits per heavy atom. The van der Waals surface area contributed by atoms with Crippen LogP contribution in [0.5, 0.6) is 11.5 Å². The standard InChI is InChI=1S/C24H21BrN4O3/c1-15-4-10-18(11-5-15)29-23(16-6-8-17(25)9-7-16)27-22(28-29)24(30)26-20-14-19(31-2)12-13-21(20)32-3/h4-14H,1-3H3,(H,26,30). The molecule has 0 saturated carbocycles. The third kappa shape index (κ3) is 4.50. The molecule has 0 unspecified atom stereocenters. The third-order valence-electron chi connectivity index (χ3n) is 4.85. The lowest BCUT2D eigenvalue weighted by Gasteiger charge is -2.10. The van der Waals surface area contributed by atoms with Crippen molar-refractivity contribution in [2.75, 3.05) is 19.5 Å². The molecule has 1 N–H and O–H groups in total. The number of rotatable bonds is 6. The minimum absolute atomic E-state index is 0.0355. The van der Waals surface area contributed by atoms with Gasteiger partial charge in [0, 0.05) is 16.1 Å². The average molecular weight is 493 g/mol. The topological polar surface area (TPSA) is 78.3 Å². The van der Waals surface area contributed by atoms with Gasteiger partial charge in [-0.1, -0.05) is 45.8 Å². The van der Waals surface area contributed by atoms with Crippen molar-refractivity contribution in [3.05, 3.63) is 82.6 Å².